The second-order valence-corrected chi connectivity index (χ2v) is 31.0. The Kier molecular flexibility index (Phi) is 71.0. The Morgan fingerprint density at radius 1 is 0.247 bits per heavy atom. The summed E-state index contributed by atoms with van der Waals surface area (Å²) in [4.78, 5) is 72.8. The first-order valence-electron chi connectivity index (χ1n) is 40.8. The molecule has 0 aromatic rings. The first-order chi connectivity index (χ1) is 47.2. The second kappa shape index (κ2) is 72.4. The third kappa shape index (κ3) is 72.2. The number of ether oxygens (including phenoxy) is 4. The van der Waals surface area contributed by atoms with Gasteiger partial charge in [0.1, 0.15) is 19.3 Å². The van der Waals surface area contributed by atoms with Crippen molar-refractivity contribution in [1.82, 2.24) is 0 Å². The Morgan fingerprint density at radius 3 is 0.608 bits per heavy atom. The van der Waals surface area contributed by atoms with Crippen LogP contribution in [0.15, 0.2) is 0 Å². The minimum absolute atomic E-state index is 0.107. The molecule has 0 heterocycles. The smallest absolute Gasteiger partial charge is 0.462 e. The van der Waals surface area contributed by atoms with Crippen LogP contribution in [-0.4, -0.2) is 96.7 Å². The van der Waals surface area contributed by atoms with Gasteiger partial charge in [0.15, 0.2) is 12.2 Å². The Labute approximate surface area is 594 Å². The summed E-state index contributed by atoms with van der Waals surface area (Å²) in [5.41, 5.74) is 0. The fourth-order valence-corrected chi connectivity index (χ4v) is 13.7. The lowest BCUT2D eigenvalue weighted by Gasteiger charge is -2.21. The van der Waals surface area contributed by atoms with Crippen LogP contribution >= 0.6 is 15.6 Å². The number of hydrogen-bond acceptors (Lipinski definition) is 15. The second-order valence-electron chi connectivity index (χ2n) is 28.1. The highest BCUT2D eigenvalue weighted by Gasteiger charge is 2.30. The summed E-state index contributed by atoms with van der Waals surface area (Å²) < 4.78 is 68.5. The van der Waals surface area contributed by atoms with Gasteiger partial charge in [-0.25, -0.2) is 9.13 Å². The molecule has 0 fully saturated rings. The SMILES string of the molecule is CCCCCCCCCCCCCCCCCCCCCCC(=O)O[C@H](COC(=O)CCCCCCCCCCCCCCCCCCC)COP(=O)(O)OC[C@@H](O)COP(=O)(O)OC[C@@H](COC(=O)CCCCCCCCCCCC)OC(=O)CCCCCCCCCCCC. The van der Waals surface area contributed by atoms with Crippen LogP contribution in [0.25, 0.3) is 0 Å². The molecule has 0 aliphatic rings. The first-order valence-corrected chi connectivity index (χ1v) is 43.8. The van der Waals surface area contributed by atoms with E-state index in [-0.39, 0.29) is 25.7 Å². The van der Waals surface area contributed by atoms with Crippen molar-refractivity contribution in [2.75, 3.05) is 39.6 Å². The number of phosphoric acid groups is 2. The number of phosphoric ester groups is 2. The lowest BCUT2D eigenvalue weighted by atomic mass is 10.0. The van der Waals surface area contributed by atoms with Gasteiger partial charge in [-0.2, -0.15) is 0 Å². The molecule has 0 bridgehead atoms. The third-order valence-corrected chi connectivity index (χ3v) is 20.3. The van der Waals surface area contributed by atoms with Crippen LogP contribution in [0.2, 0.25) is 0 Å². The van der Waals surface area contributed by atoms with Crippen molar-refractivity contribution < 1.29 is 80.2 Å². The fraction of sp³-hybridized carbons (Fsp3) is 0.949. The van der Waals surface area contributed by atoms with Gasteiger partial charge in [-0.15, -0.1) is 0 Å². The Morgan fingerprint density at radius 2 is 0.412 bits per heavy atom. The van der Waals surface area contributed by atoms with Gasteiger partial charge in [0.25, 0.3) is 0 Å². The zero-order valence-corrected chi connectivity index (χ0v) is 64.8. The van der Waals surface area contributed by atoms with Crippen molar-refractivity contribution in [2.45, 2.75) is 438 Å². The minimum Gasteiger partial charge on any atom is -0.462 e. The van der Waals surface area contributed by atoms with E-state index in [0.29, 0.717) is 25.7 Å². The Bertz CT molecular complexity index is 1840. The normalized spacial score (nSPS) is 13.8. The van der Waals surface area contributed by atoms with Crippen LogP contribution in [0.3, 0.4) is 0 Å². The highest BCUT2D eigenvalue weighted by atomic mass is 31.2. The predicted octanol–water partition coefficient (Wildman–Crippen LogP) is 23.4. The van der Waals surface area contributed by atoms with Gasteiger partial charge in [0, 0.05) is 25.7 Å². The standard InChI is InChI=1S/C78H152O17P2/c1-5-9-13-17-21-25-29-31-33-35-36-37-39-41-43-45-49-53-57-61-65-78(83)95-74(69-89-76(81)63-59-55-51-48-44-42-40-38-34-32-30-26-22-18-14-10-6-2)71-93-97(86,87)91-67-72(79)66-90-96(84,85)92-70-73(94-77(82)64-60-56-52-47-28-24-20-16-12-8-4)68-88-75(80)62-58-54-50-46-27-23-19-15-11-7-3/h72-74,79H,5-71H2,1-4H3,(H,84,85)(H,86,87)/t72-,73+,74+/m0/s1. The van der Waals surface area contributed by atoms with Crippen molar-refractivity contribution in [3.63, 3.8) is 0 Å². The number of aliphatic hydroxyl groups excluding tert-OH is 1. The van der Waals surface area contributed by atoms with E-state index in [4.69, 9.17) is 37.0 Å². The van der Waals surface area contributed by atoms with Crippen LogP contribution in [0.1, 0.15) is 419 Å². The summed E-state index contributed by atoms with van der Waals surface area (Å²) in [6.45, 7) is 4.98. The molecule has 0 rings (SSSR count). The van der Waals surface area contributed by atoms with E-state index in [0.717, 1.165) is 89.9 Å². The van der Waals surface area contributed by atoms with E-state index in [2.05, 4.69) is 27.7 Å². The number of unbranched alkanes of at least 4 members (excludes halogenated alkanes) is 53. The van der Waals surface area contributed by atoms with Crippen molar-refractivity contribution in [3.8, 4) is 0 Å². The molecule has 19 heteroatoms. The summed E-state index contributed by atoms with van der Waals surface area (Å²) in [7, 11) is -9.91. The van der Waals surface area contributed by atoms with E-state index in [9.17, 15) is 43.2 Å². The average Bonchev–Trinajstić information content (AvgIpc) is 1.21. The van der Waals surface area contributed by atoms with E-state index >= 15 is 0 Å². The maximum absolute atomic E-state index is 13.1. The Hall–Kier alpha value is -1.94. The van der Waals surface area contributed by atoms with Gasteiger partial charge < -0.3 is 33.8 Å². The summed E-state index contributed by atoms with van der Waals surface area (Å²) in [6.07, 6.45) is 63.9. The number of carbonyl (C=O) groups excluding carboxylic acids is 4. The number of carbonyl (C=O) groups is 4. The molecule has 5 atom stereocenters. The molecule has 0 aliphatic carbocycles. The molecule has 0 radical (unpaired) electrons. The van der Waals surface area contributed by atoms with Crippen molar-refractivity contribution >= 4 is 39.5 Å². The van der Waals surface area contributed by atoms with Crippen molar-refractivity contribution in [3.05, 3.63) is 0 Å². The number of rotatable bonds is 79. The van der Waals surface area contributed by atoms with Crippen molar-refractivity contribution in [2.24, 2.45) is 0 Å². The summed E-state index contributed by atoms with van der Waals surface area (Å²) >= 11 is 0. The van der Waals surface area contributed by atoms with E-state index in [1.165, 1.54) is 250 Å². The van der Waals surface area contributed by atoms with Crippen LogP contribution in [-0.2, 0) is 65.4 Å². The minimum atomic E-state index is -4.96. The molecule has 3 N–H and O–H groups in total. The molecule has 0 amide bonds. The van der Waals surface area contributed by atoms with Crippen LogP contribution in [0, 0.1) is 0 Å². The van der Waals surface area contributed by atoms with Gasteiger partial charge in [0.05, 0.1) is 26.4 Å². The number of esters is 4. The third-order valence-electron chi connectivity index (χ3n) is 18.4. The lowest BCUT2D eigenvalue weighted by Crippen LogP contribution is -2.30. The maximum Gasteiger partial charge on any atom is 0.472 e. The predicted molar refractivity (Wildman–Crippen MR) is 395 cm³/mol. The summed E-state index contributed by atoms with van der Waals surface area (Å²) in [5, 5.41) is 10.6. The van der Waals surface area contributed by atoms with Crippen LogP contribution < -0.4 is 0 Å². The molecule has 2 unspecified atom stereocenters. The number of hydrogen-bond donors (Lipinski definition) is 3. The highest BCUT2D eigenvalue weighted by Crippen LogP contribution is 2.45. The van der Waals surface area contributed by atoms with Gasteiger partial charge in [-0.05, 0) is 25.7 Å². The van der Waals surface area contributed by atoms with Crippen molar-refractivity contribution in [1.29, 1.82) is 0 Å². The largest absolute Gasteiger partial charge is 0.472 e. The van der Waals surface area contributed by atoms with E-state index < -0.39 is 97.5 Å². The lowest BCUT2D eigenvalue weighted by molar-refractivity contribution is -0.161. The molecule has 0 saturated carbocycles. The molecular formula is C78H152O17P2. The molecule has 576 valence electrons. The molecule has 97 heavy (non-hydrogen) atoms. The average molecular weight is 1420 g/mol. The maximum atomic E-state index is 13.1. The zero-order valence-electron chi connectivity index (χ0n) is 63.1. The summed E-state index contributed by atoms with van der Waals surface area (Å²) in [5.74, 6) is -2.11. The molecule has 0 aromatic heterocycles. The highest BCUT2D eigenvalue weighted by molar-refractivity contribution is 7.47. The molecule has 0 saturated heterocycles. The quantitative estimate of drug-likeness (QED) is 0.0222. The fourth-order valence-electron chi connectivity index (χ4n) is 12.1. The zero-order chi connectivity index (χ0) is 71.1. The van der Waals surface area contributed by atoms with Gasteiger partial charge in [0.2, 0.25) is 0 Å². The molecule has 0 spiro atoms. The summed E-state index contributed by atoms with van der Waals surface area (Å²) in [6, 6.07) is 0. The molecular weight excluding hydrogens is 1270 g/mol. The van der Waals surface area contributed by atoms with Gasteiger partial charge in [-0.1, -0.05) is 368 Å². The van der Waals surface area contributed by atoms with Crippen LogP contribution in [0.4, 0.5) is 0 Å². The van der Waals surface area contributed by atoms with Gasteiger partial charge in [-0.3, -0.25) is 37.3 Å². The van der Waals surface area contributed by atoms with E-state index in [1.54, 1.807) is 0 Å². The topological polar surface area (TPSA) is 237 Å². The van der Waals surface area contributed by atoms with E-state index in [1.807, 2.05) is 0 Å². The number of aliphatic hydroxyl groups is 1. The molecule has 0 aliphatic heterocycles. The van der Waals surface area contributed by atoms with Gasteiger partial charge >= 0.3 is 39.5 Å². The monoisotopic (exact) mass is 1420 g/mol. The molecule has 0 aromatic carbocycles. The van der Waals surface area contributed by atoms with Crippen LogP contribution in [0.5, 0.6) is 0 Å². The first kappa shape index (κ1) is 95.1. The Balaban J connectivity index is 5.19. The molecule has 17 nitrogen and oxygen atoms in total.